The van der Waals surface area contributed by atoms with Gasteiger partial charge in [-0.2, -0.15) is 0 Å². The zero-order chi connectivity index (χ0) is 38.5. The first kappa shape index (κ1) is 39.2. The minimum absolute atomic E-state index is 0.381. The first-order valence-corrected chi connectivity index (χ1v) is 19.7. The van der Waals surface area contributed by atoms with E-state index >= 15 is 0 Å². The Kier molecular flexibility index (Phi) is 10.2. The molecule has 4 aliphatic heterocycles. The molecule has 0 bridgehead atoms. The summed E-state index contributed by atoms with van der Waals surface area (Å²) in [5, 5.41) is 47.3. The van der Waals surface area contributed by atoms with E-state index in [9.17, 15) is 20.4 Å². The van der Waals surface area contributed by atoms with Crippen LogP contribution in [-0.2, 0) is 37.9 Å². The van der Waals surface area contributed by atoms with Crippen molar-refractivity contribution in [3.05, 3.63) is 48.6 Å². The van der Waals surface area contributed by atoms with Crippen LogP contribution in [0.15, 0.2) is 48.6 Å². The van der Waals surface area contributed by atoms with E-state index < -0.39 is 96.1 Å². The molecule has 4 N–H and O–H groups in total. The van der Waals surface area contributed by atoms with Crippen LogP contribution in [0.2, 0.25) is 0 Å². The Morgan fingerprint density at radius 1 is 0.370 bits per heavy atom. The predicted molar refractivity (Wildman–Crippen MR) is 194 cm³/mol. The van der Waals surface area contributed by atoms with Gasteiger partial charge in [0.05, 0.1) is 24.2 Å². The lowest BCUT2D eigenvalue weighted by molar-refractivity contribution is -0.163. The molecule has 4 fully saturated rings. The van der Waals surface area contributed by atoms with Crippen LogP contribution in [0.1, 0.15) is 68.2 Å². The molecule has 0 radical (unpaired) electrons. The Balaban J connectivity index is 1.03. The van der Waals surface area contributed by atoms with E-state index in [-0.39, 0.29) is 24.4 Å². The van der Waals surface area contributed by atoms with Crippen molar-refractivity contribution >= 4 is 0 Å². The molecule has 0 spiro atoms. The van der Waals surface area contributed by atoms with Crippen molar-refractivity contribution in [2.24, 2.45) is 0 Å². The highest BCUT2D eigenvalue weighted by Crippen LogP contribution is 2.41. The van der Waals surface area contributed by atoms with Gasteiger partial charge in [-0.1, -0.05) is 48.6 Å². The molecule has 16 atom stereocenters. The lowest BCUT2D eigenvalue weighted by Crippen LogP contribution is -2.61. The monoisotopic (exact) mass is 760 g/mol. The third kappa shape index (κ3) is 7.35. The van der Waals surface area contributed by atoms with Crippen LogP contribution in [0, 0.1) is 0 Å². The quantitative estimate of drug-likeness (QED) is 0.198. The molecule has 54 heavy (non-hydrogen) atoms. The molecule has 4 saturated heterocycles. The summed E-state index contributed by atoms with van der Waals surface area (Å²) < 4.78 is 48.9. The second kappa shape index (κ2) is 14.0. The van der Waals surface area contributed by atoms with Gasteiger partial charge in [0.15, 0.2) is 23.1 Å². The lowest BCUT2D eigenvalue weighted by atomic mass is 9.87. The smallest absolute Gasteiger partial charge is 0.164 e. The van der Waals surface area contributed by atoms with E-state index in [4.69, 9.17) is 37.9 Å². The molecular formula is C40H60N2O12. The normalized spacial score (nSPS) is 47.6. The van der Waals surface area contributed by atoms with Gasteiger partial charge < -0.3 is 58.3 Å². The molecule has 8 aliphatic rings. The van der Waals surface area contributed by atoms with Crippen LogP contribution in [0.4, 0.5) is 0 Å². The molecule has 14 heteroatoms. The number of rotatable bonds is 9. The standard InChI is InChI=1S/C40H60N2O12/c1-37(2)47-25-15-11-21(29(43)33(25)51-37)41(22-12-16-26-34(30(22)44)52-38(3,4)48-26)19-9-10-20-42(23-13-17-27-35(31(23)45)53-39(5,6)49-27)24-14-18-28-36(32(24)46)54-40(7,8)50-28/h11-18,21-36,43-46H,9-10,19-20H2,1-8H3/t21-,22-,23-,24-,25+,26+,27+,28+,29+,30+,31+,32+,33+,34+,35+,36+/m0/s1. The van der Waals surface area contributed by atoms with Crippen LogP contribution in [0.25, 0.3) is 0 Å². The Bertz CT molecular complexity index is 1300. The fourth-order valence-corrected chi connectivity index (χ4v) is 9.86. The first-order valence-electron chi connectivity index (χ1n) is 19.7. The maximum absolute atomic E-state index is 11.8. The Labute approximate surface area is 318 Å². The second-order valence-corrected chi connectivity index (χ2v) is 17.9. The minimum atomic E-state index is -0.921. The second-order valence-electron chi connectivity index (χ2n) is 17.9. The van der Waals surface area contributed by atoms with E-state index in [1.54, 1.807) is 0 Å². The molecule has 8 rings (SSSR count). The molecule has 0 amide bonds. The summed E-state index contributed by atoms with van der Waals surface area (Å²) in [6.45, 7) is 15.7. The molecule has 4 aliphatic carbocycles. The summed E-state index contributed by atoms with van der Waals surface area (Å²) in [7, 11) is 0. The summed E-state index contributed by atoms with van der Waals surface area (Å²) in [5.74, 6) is -3.35. The van der Waals surface area contributed by atoms with E-state index in [0.29, 0.717) is 25.9 Å². The third-order valence-electron chi connectivity index (χ3n) is 12.0. The molecular weight excluding hydrogens is 700 g/mol. The van der Waals surface area contributed by atoms with Crippen LogP contribution < -0.4 is 0 Å². The van der Waals surface area contributed by atoms with Crippen LogP contribution in [0.3, 0.4) is 0 Å². The van der Waals surface area contributed by atoms with E-state index in [0.717, 1.165) is 0 Å². The molecule has 0 aromatic rings. The maximum Gasteiger partial charge on any atom is 0.164 e. The first-order chi connectivity index (χ1) is 25.3. The van der Waals surface area contributed by atoms with E-state index in [1.807, 2.05) is 104 Å². The minimum Gasteiger partial charge on any atom is -0.388 e. The number of aliphatic hydroxyl groups is 4. The van der Waals surface area contributed by atoms with Crippen molar-refractivity contribution in [2.75, 3.05) is 13.1 Å². The molecule has 0 aromatic heterocycles. The largest absolute Gasteiger partial charge is 0.388 e. The number of fused-ring (bicyclic) bond motifs is 4. The highest BCUT2D eigenvalue weighted by molar-refractivity contribution is 5.22. The van der Waals surface area contributed by atoms with Gasteiger partial charge in [0.2, 0.25) is 0 Å². The molecule has 14 nitrogen and oxygen atoms in total. The zero-order valence-electron chi connectivity index (χ0n) is 32.6. The SMILES string of the molecule is CC1(C)O[C@H]2[C@H](O)[C@@H](N(CCCCN([C@H]3C=C[C@H]4OC(C)(C)O[C@H]4[C@@H]3O)[C@H]3C=C[C@H]4OC(C)(C)O[C@H]4[C@@H]3O)[C@H]3C=C[C@H]4OC(C)(C)O[C@H]4[C@@H]3O)C=C[C@H]2O1. The van der Waals surface area contributed by atoms with Gasteiger partial charge in [-0.25, -0.2) is 0 Å². The predicted octanol–water partition coefficient (Wildman–Crippen LogP) is 1.65. The number of ether oxygens (including phenoxy) is 8. The topological polar surface area (TPSA) is 161 Å². The lowest BCUT2D eigenvalue weighted by Gasteiger charge is -2.46. The van der Waals surface area contributed by atoms with Gasteiger partial charge in [-0.3, -0.25) is 9.80 Å². The molecule has 4 heterocycles. The highest BCUT2D eigenvalue weighted by atomic mass is 16.8. The molecule has 0 saturated carbocycles. The van der Waals surface area contributed by atoms with Gasteiger partial charge in [0.1, 0.15) is 73.2 Å². The van der Waals surface area contributed by atoms with Crippen molar-refractivity contribution in [3.8, 4) is 0 Å². The van der Waals surface area contributed by atoms with E-state index in [1.165, 1.54) is 0 Å². The molecule has 0 aromatic carbocycles. The fourth-order valence-electron chi connectivity index (χ4n) is 9.86. The van der Waals surface area contributed by atoms with Gasteiger partial charge in [0, 0.05) is 0 Å². The van der Waals surface area contributed by atoms with Gasteiger partial charge in [-0.05, 0) is 81.3 Å². The third-order valence-corrected chi connectivity index (χ3v) is 12.0. The van der Waals surface area contributed by atoms with Gasteiger partial charge in [0.25, 0.3) is 0 Å². The Morgan fingerprint density at radius 2 is 0.593 bits per heavy atom. The van der Waals surface area contributed by atoms with Gasteiger partial charge >= 0.3 is 0 Å². The Morgan fingerprint density at radius 3 is 0.815 bits per heavy atom. The summed E-state index contributed by atoms with van der Waals surface area (Å²) >= 11 is 0. The van der Waals surface area contributed by atoms with Crippen molar-refractivity contribution < 1.29 is 58.3 Å². The van der Waals surface area contributed by atoms with Crippen molar-refractivity contribution in [2.45, 2.75) is 189 Å². The molecule has 302 valence electrons. The van der Waals surface area contributed by atoms with Crippen molar-refractivity contribution in [1.82, 2.24) is 9.80 Å². The number of nitrogens with zero attached hydrogens (tertiary/aromatic N) is 2. The van der Waals surface area contributed by atoms with Crippen LogP contribution in [0.5, 0.6) is 0 Å². The number of aliphatic hydroxyl groups excluding tert-OH is 4. The van der Waals surface area contributed by atoms with Crippen LogP contribution in [-0.4, -0.2) is 164 Å². The highest BCUT2D eigenvalue weighted by Gasteiger charge is 2.55. The zero-order valence-corrected chi connectivity index (χ0v) is 32.6. The van der Waals surface area contributed by atoms with Crippen LogP contribution >= 0.6 is 0 Å². The summed E-state index contributed by atoms with van der Waals surface area (Å²) in [6, 6.07) is -1.94. The van der Waals surface area contributed by atoms with Crippen molar-refractivity contribution in [3.63, 3.8) is 0 Å². The maximum atomic E-state index is 11.8. The van der Waals surface area contributed by atoms with Gasteiger partial charge in [-0.15, -0.1) is 0 Å². The fraction of sp³-hybridized carbons (Fsp3) is 0.800. The molecule has 0 unspecified atom stereocenters. The average Bonchev–Trinajstić information content (AvgIpc) is 3.79. The summed E-state index contributed by atoms with van der Waals surface area (Å²) in [5.41, 5.74) is 0. The number of hydrogen-bond acceptors (Lipinski definition) is 14. The summed E-state index contributed by atoms with van der Waals surface area (Å²) in [4.78, 5) is 4.25. The average molecular weight is 761 g/mol. The summed E-state index contributed by atoms with van der Waals surface area (Å²) in [6.07, 6.45) is 9.48. The number of hydrogen-bond donors (Lipinski definition) is 4. The van der Waals surface area contributed by atoms with Crippen molar-refractivity contribution in [1.29, 1.82) is 0 Å². The number of unbranched alkanes of at least 4 members (excludes halogenated alkanes) is 1. The Hall–Kier alpha value is -1.60. The van der Waals surface area contributed by atoms with E-state index in [2.05, 4.69) is 9.80 Å².